The molecule has 2 rings (SSSR count). The lowest BCUT2D eigenvalue weighted by Crippen LogP contribution is -2.11. The summed E-state index contributed by atoms with van der Waals surface area (Å²) in [5, 5.41) is 3.67. The molecular weight excluding hydrogens is 326 g/mol. The van der Waals surface area contributed by atoms with Crippen LogP contribution in [0.2, 0.25) is 0 Å². The summed E-state index contributed by atoms with van der Waals surface area (Å²) in [6.07, 6.45) is 1.96. The van der Waals surface area contributed by atoms with Crippen molar-refractivity contribution in [3.63, 3.8) is 0 Å². The standard InChI is InChI=1S/C18H22BrNO/c1-3-17(15-8-6-9-16(19)13-15)20-18-10-5-4-7-14(18)11-12-21-2/h4-10,13,17,20H,3,11-12H2,1-2H3. The SMILES string of the molecule is CCC(Nc1ccccc1CCOC)c1cccc(Br)c1. The Hall–Kier alpha value is -1.32. The van der Waals surface area contributed by atoms with Gasteiger partial charge in [-0.25, -0.2) is 0 Å². The van der Waals surface area contributed by atoms with Gasteiger partial charge in [-0.15, -0.1) is 0 Å². The van der Waals surface area contributed by atoms with Gasteiger partial charge < -0.3 is 10.1 Å². The van der Waals surface area contributed by atoms with Gasteiger partial charge >= 0.3 is 0 Å². The molecule has 112 valence electrons. The number of para-hydroxylation sites is 1. The fourth-order valence-corrected chi connectivity index (χ4v) is 2.84. The van der Waals surface area contributed by atoms with E-state index < -0.39 is 0 Å². The molecule has 0 fully saturated rings. The molecule has 0 bridgehead atoms. The van der Waals surface area contributed by atoms with Crippen LogP contribution in [-0.2, 0) is 11.2 Å². The molecule has 1 atom stereocenters. The van der Waals surface area contributed by atoms with Crippen molar-refractivity contribution in [3.05, 3.63) is 64.1 Å². The molecular formula is C18H22BrNO. The van der Waals surface area contributed by atoms with Gasteiger partial charge in [0.1, 0.15) is 0 Å². The maximum atomic E-state index is 5.20. The molecule has 1 unspecified atom stereocenters. The molecule has 0 saturated carbocycles. The second kappa shape index (κ2) is 8.20. The maximum absolute atomic E-state index is 5.20. The van der Waals surface area contributed by atoms with E-state index in [0.717, 1.165) is 23.9 Å². The van der Waals surface area contributed by atoms with E-state index in [2.05, 4.69) is 76.7 Å². The maximum Gasteiger partial charge on any atom is 0.0511 e. The van der Waals surface area contributed by atoms with Crippen molar-refractivity contribution in [2.24, 2.45) is 0 Å². The van der Waals surface area contributed by atoms with Crippen LogP contribution in [0, 0.1) is 0 Å². The Kier molecular flexibility index (Phi) is 6.27. The topological polar surface area (TPSA) is 21.3 Å². The van der Waals surface area contributed by atoms with Crippen molar-refractivity contribution in [3.8, 4) is 0 Å². The molecule has 0 aliphatic rings. The Morgan fingerprint density at radius 3 is 2.67 bits per heavy atom. The molecule has 0 aromatic heterocycles. The van der Waals surface area contributed by atoms with Crippen LogP contribution in [0.15, 0.2) is 53.0 Å². The Morgan fingerprint density at radius 1 is 1.14 bits per heavy atom. The number of nitrogens with one attached hydrogen (secondary N) is 1. The molecule has 0 saturated heterocycles. The lowest BCUT2D eigenvalue weighted by atomic mass is 10.0. The van der Waals surface area contributed by atoms with Gasteiger partial charge in [0, 0.05) is 17.3 Å². The fraction of sp³-hybridized carbons (Fsp3) is 0.333. The van der Waals surface area contributed by atoms with E-state index in [1.165, 1.54) is 16.8 Å². The van der Waals surface area contributed by atoms with Gasteiger partial charge in [0.25, 0.3) is 0 Å². The molecule has 0 spiro atoms. The first-order chi connectivity index (χ1) is 10.2. The summed E-state index contributed by atoms with van der Waals surface area (Å²) in [6.45, 7) is 2.95. The Labute approximate surface area is 135 Å². The van der Waals surface area contributed by atoms with Crippen LogP contribution in [0.25, 0.3) is 0 Å². The van der Waals surface area contributed by atoms with E-state index in [1.54, 1.807) is 7.11 Å². The summed E-state index contributed by atoms with van der Waals surface area (Å²) in [5.41, 5.74) is 3.79. The number of anilines is 1. The van der Waals surface area contributed by atoms with E-state index in [4.69, 9.17) is 4.74 Å². The van der Waals surface area contributed by atoms with Crippen LogP contribution >= 0.6 is 15.9 Å². The first-order valence-corrected chi connectivity index (χ1v) is 8.12. The van der Waals surface area contributed by atoms with Gasteiger partial charge in [0.15, 0.2) is 0 Å². The van der Waals surface area contributed by atoms with Crippen molar-refractivity contribution in [2.75, 3.05) is 19.0 Å². The normalized spacial score (nSPS) is 12.1. The molecule has 0 aliphatic carbocycles. The Bertz CT molecular complexity index is 571. The van der Waals surface area contributed by atoms with Crippen LogP contribution in [-0.4, -0.2) is 13.7 Å². The predicted molar refractivity (Wildman–Crippen MR) is 92.8 cm³/mol. The highest BCUT2D eigenvalue weighted by molar-refractivity contribution is 9.10. The van der Waals surface area contributed by atoms with E-state index in [0.29, 0.717) is 6.04 Å². The van der Waals surface area contributed by atoms with E-state index in [-0.39, 0.29) is 0 Å². The number of hydrogen-bond acceptors (Lipinski definition) is 2. The third-order valence-corrected chi connectivity index (χ3v) is 4.08. The third kappa shape index (κ3) is 4.58. The van der Waals surface area contributed by atoms with Crippen LogP contribution in [0.1, 0.15) is 30.5 Å². The molecule has 2 aromatic rings. The van der Waals surface area contributed by atoms with Gasteiger partial charge in [0.05, 0.1) is 12.6 Å². The van der Waals surface area contributed by atoms with Crippen molar-refractivity contribution < 1.29 is 4.74 Å². The minimum absolute atomic E-state index is 0.311. The number of ether oxygens (including phenoxy) is 1. The summed E-state index contributed by atoms with van der Waals surface area (Å²) < 4.78 is 6.32. The van der Waals surface area contributed by atoms with E-state index >= 15 is 0 Å². The zero-order valence-electron chi connectivity index (χ0n) is 12.6. The molecule has 2 nitrogen and oxygen atoms in total. The molecule has 21 heavy (non-hydrogen) atoms. The number of hydrogen-bond donors (Lipinski definition) is 1. The van der Waals surface area contributed by atoms with Crippen LogP contribution in [0.5, 0.6) is 0 Å². The summed E-state index contributed by atoms with van der Waals surface area (Å²) in [7, 11) is 1.74. The number of rotatable bonds is 7. The molecule has 2 aromatic carbocycles. The van der Waals surface area contributed by atoms with Crippen molar-refractivity contribution >= 4 is 21.6 Å². The lowest BCUT2D eigenvalue weighted by molar-refractivity contribution is 0.202. The highest BCUT2D eigenvalue weighted by atomic mass is 79.9. The minimum atomic E-state index is 0.311. The second-order valence-electron chi connectivity index (χ2n) is 5.06. The number of methoxy groups -OCH3 is 1. The van der Waals surface area contributed by atoms with Crippen molar-refractivity contribution in [1.82, 2.24) is 0 Å². The Morgan fingerprint density at radius 2 is 1.95 bits per heavy atom. The van der Waals surface area contributed by atoms with Crippen LogP contribution in [0.3, 0.4) is 0 Å². The Balaban J connectivity index is 2.18. The predicted octanol–water partition coefficient (Wildman–Crippen LogP) is 5.20. The van der Waals surface area contributed by atoms with Gasteiger partial charge in [-0.3, -0.25) is 0 Å². The highest BCUT2D eigenvalue weighted by Crippen LogP contribution is 2.27. The zero-order valence-corrected chi connectivity index (χ0v) is 14.2. The van der Waals surface area contributed by atoms with E-state index in [1.807, 2.05) is 0 Å². The fourth-order valence-electron chi connectivity index (χ4n) is 2.42. The number of halogens is 1. The first kappa shape index (κ1) is 16.1. The molecule has 1 N–H and O–H groups in total. The largest absolute Gasteiger partial charge is 0.384 e. The summed E-state index contributed by atoms with van der Waals surface area (Å²) in [6, 6.07) is 17.3. The molecule has 0 amide bonds. The van der Waals surface area contributed by atoms with Gasteiger partial charge in [0.2, 0.25) is 0 Å². The van der Waals surface area contributed by atoms with Crippen molar-refractivity contribution in [2.45, 2.75) is 25.8 Å². The zero-order chi connectivity index (χ0) is 15.1. The van der Waals surface area contributed by atoms with Crippen LogP contribution < -0.4 is 5.32 Å². The smallest absolute Gasteiger partial charge is 0.0511 e. The highest BCUT2D eigenvalue weighted by Gasteiger charge is 2.11. The average Bonchev–Trinajstić information content (AvgIpc) is 2.51. The van der Waals surface area contributed by atoms with Gasteiger partial charge in [-0.05, 0) is 42.2 Å². The minimum Gasteiger partial charge on any atom is -0.384 e. The quantitative estimate of drug-likeness (QED) is 0.742. The van der Waals surface area contributed by atoms with Gasteiger partial charge in [-0.2, -0.15) is 0 Å². The second-order valence-corrected chi connectivity index (χ2v) is 5.98. The summed E-state index contributed by atoms with van der Waals surface area (Å²) in [5.74, 6) is 0. The summed E-state index contributed by atoms with van der Waals surface area (Å²) in [4.78, 5) is 0. The van der Waals surface area contributed by atoms with Crippen LogP contribution in [0.4, 0.5) is 5.69 Å². The van der Waals surface area contributed by atoms with Gasteiger partial charge in [-0.1, -0.05) is 53.2 Å². The van der Waals surface area contributed by atoms with Crippen molar-refractivity contribution in [1.29, 1.82) is 0 Å². The van der Waals surface area contributed by atoms with E-state index in [9.17, 15) is 0 Å². The average molecular weight is 348 g/mol. The molecule has 3 heteroatoms. The molecule has 0 aliphatic heterocycles. The molecule has 0 heterocycles. The molecule has 0 radical (unpaired) electrons. The first-order valence-electron chi connectivity index (χ1n) is 7.33. The monoisotopic (exact) mass is 347 g/mol. The number of benzene rings is 2. The lowest BCUT2D eigenvalue weighted by Gasteiger charge is -2.21. The third-order valence-electron chi connectivity index (χ3n) is 3.58. The summed E-state index contributed by atoms with van der Waals surface area (Å²) >= 11 is 3.55.